The van der Waals surface area contributed by atoms with Gasteiger partial charge in [0.2, 0.25) is 0 Å². The minimum atomic E-state index is -0.413. The van der Waals surface area contributed by atoms with Crippen molar-refractivity contribution in [3.8, 4) is 0 Å². The Balaban J connectivity index is 2.74. The smallest absolute Gasteiger partial charge is 0.255 e. The summed E-state index contributed by atoms with van der Waals surface area (Å²) in [7, 11) is 1.60. The number of aromatic nitrogens is 1. The number of nitrogen functional groups attached to an aromatic ring is 1. The lowest BCUT2D eigenvalue weighted by molar-refractivity contribution is 0.0229. The molecule has 0 spiro atoms. The van der Waals surface area contributed by atoms with Crippen LogP contribution in [0, 0.1) is 0 Å². The molecule has 0 radical (unpaired) electrons. The number of carbonyl (C=O) groups excluding carboxylic acids is 1. The lowest BCUT2D eigenvalue weighted by Crippen LogP contribution is -2.40. The molecular weight excluding hydrogens is 286 g/mol. The molecule has 0 fully saturated rings. The van der Waals surface area contributed by atoms with Crippen molar-refractivity contribution in [1.29, 1.82) is 0 Å². The van der Waals surface area contributed by atoms with Gasteiger partial charge in [-0.15, -0.1) is 0 Å². The van der Waals surface area contributed by atoms with E-state index in [9.17, 15) is 4.79 Å². The maximum atomic E-state index is 11.9. The van der Waals surface area contributed by atoms with Crippen molar-refractivity contribution < 1.29 is 9.53 Å². The third kappa shape index (κ3) is 3.98. The van der Waals surface area contributed by atoms with Gasteiger partial charge in [-0.25, -0.2) is 4.98 Å². The molecule has 1 rings (SSSR count). The molecule has 1 amide bonds. The van der Waals surface area contributed by atoms with Gasteiger partial charge >= 0.3 is 0 Å². The molecule has 5 nitrogen and oxygen atoms in total. The molecule has 0 aliphatic heterocycles. The lowest BCUT2D eigenvalue weighted by Gasteiger charge is -2.23. The highest BCUT2D eigenvalue weighted by Crippen LogP contribution is 2.15. The summed E-state index contributed by atoms with van der Waals surface area (Å²) < 4.78 is 5.92. The Kier molecular flexibility index (Phi) is 4.47. The number of nitrogens with zero attached hydrogens (tertiary/aromatic N) is 1. The number of hydrogen-bond acceptors (Lipinski definition) is 4. The Bertz CT molecular complexity index is 421. The predicted octanol–water partition coefficient (Wildman–Crippen LogP) is 1.58. The second-order valence-corrected chi connectivity index (χ2v) is 5.15. The number of anilines is 1. The average Bonchev–Trinajstić information content (AvgIpc) is 2.29. The maximum Gasteiger partial charge on any atom is 0.255 e. The van der Waals surface area contributed by atoms with Crippen molar-refractivity contribution in [2.45, 2.75) is 19.4 Å². The van der Waals surface area contributed by atoms with Crippen LogP contribution in [0.2, 0.25) is 0 Å². The molecule has 0 aliphatic rings. The summed E-state index contributed by atoms with van der Waals surface area (Å²) in [6, 6.07) is 1.64. The first kappa shape index (κ1) is 13.9. The SMILES string of the molecule is COC(C)(C)CNC(=O)c1cc(Br)cnc1N. The Morgan fingerprint density at radius 1 is 1.65 bits per heavy atom. The van der Waals surface area contributed by atoms with E-state index in [1.54, 1.807) is 19.4 Å². The molecule has 6 heteroatoms. The normalized spacial score (nSPS) is 11.3. The standard InChI is InChI=1S/C11H16BrN3O2/c1-11(2,17-3)6-15-10(16)8-4-7(12)5-14-9(8)13/h4-5H,6H2,1-3H3,(H2,13,14)(H,15,16). The molecule has 0 atom stereocenters. The first-order chi connectivity index (χ1) is 7.85. The molecule has 0 aliphatic carbocycles. The van der Waals surface area contributed by atoms with Crippen LogP contribution in [-0.4, -0.2) is 30.1 Å². The third-order valence-electron chi connectivity index (χ3n) is 2.36. The van der Waals surface area contributed by atoms with Crippen LogP contribution < -0.4 is 11.1 Å². The Morgan fingerprint density at radius 2 is 2.29 bits per heavy atom. The monoisotopic (exact) mass is 301 g/mol. The second-order valence-electron chi connectivity index (χ2n) is 4.23. The summed E-state index contributed by atoms with van der Waals surface area (Å²) in [5.41, 5.74) is 5.58. The summed E-state index contributed by atoms with van der Waals surface area (Å²) in [6.45, 7) is 4.17. The molecule has 94 valence electrons. The van der Waals surface area contributed by atoms with Gasteiger partial charge in [-0.05, 0) is 35.8 Å². The number of nitrogens with one attached hydrogen (secondary N) is 1. The average molecular weight is 302 g/mol. The Hall–Kier alpha value is -1.14. The van der Waals surface area contributed by atoms with Gasteiger partial charge < -0.3 is 15.8 Å². The molecule has 0 bridgehead atoms. The lowest BCUT2D eigenvalue weighted by atomic mass is 10.1. The fraction of sp³-hybridized carbons (Fsp3) is 0.455. The van der Waals surface area contributed by atoms with Gasteiger partial charge in [-0.1, -0.05) is 0 Å². The zero-order valence-electron chi connectivity index (χ0n) is 10.1. The van der Waals surface area contributed by atoms with E-state index in [0.29, 0.717) is 16.6 Å². The van der Waals surface area contributed by atoms with Crippen molar-refractivity contribution in [2.75, 3.05) is 19.4 Å². The number of pyridine rings is 1. The van der Waals surface area contributed by atoms with E-state index < -0.39 is 5.60 Å². The van der Waals surface area contributed by atoms with Gasteiger partial charge in [0.1, 0.15) is 5.82 Å². The molecule has 1 aromatic rings. The van der Waals surface area contributed by atoms with Crippen LogP contribution in [0.15, 0.2) is 16.7 Å². The van der Waals surface area contributed by atoms with E-state index >= 15 is 0 Å². The van der Waals surface area contributed by atoms with Crippen LogP contribution in [-0.2, 0) is 4.74 Å². The molecule has 1 aromatic heterocycles. The summed E-state index contributed by atoms with van der Waals surface area (Å²) in [4.78, 5) is 15.8. The number of halogens is 1. The highest BCUT2D eigenvalue weighted by atomic mass is 79.9. The number of carbonyl (C=O) groups is 1. The van der Waals surface area contributed by atoms with Crippen LogP contribution in [0.25, 0.3) is 0 Å². The van der Waals surface area contributed by atoms with Gasteiger partial charge in [0, 0.05) is 24.3 Å². The highest BCUT2D eigenvalue weighted by Gasteiger charge is 2.19. The highest BCUT2D eigenvalue weighted by molar-refractivity contribution is 9.10. The molecule has 17 heavy (non-hydrogen) atoms. The van der Waals surface area contributed by atoms with E-state index in [0.717, 1.165) is 0 Å². The van der Waals surface area contributed by atoms with Gasteiger partial charge in [-0.3, -0.25) is 4.79 Å². The molecule has 0 saturated carbocycles. The van der Waals surface area contributed by atoms with Crippen molar-refractivity contribution in [3.05, 3.63) is 22.3 Å². The first-order valence-electron chi connectivity index (χ1n) is 5.10. The third-order valence-corrected chi connectivity index (χ3v) is 2.79. The zero-order chi connectivity index (χ0) is 13.1. The molecular formula is C11H16BrN3O2. The first-order valence-corrected chi connectivity index (χ1v) is 5.89. The topological polar surface area (TPSA) is 77.2 Å². The molecule has 0 aromatic carbocycles. The largest absolute Gasteiger partial charge is 0.383 e. The van der Waals surface area contributed by atoms with Gasteiger partial charge in [0.15, 0.2) is 0 Å². The molecule has 1 heterocycles. The summed E-state index contributed by atoms with van der Waals surface area (Å²) >= 11 is 3.25. The number of nitrogens with two attached hydrogens (primary N) is 1. The minimum Gasteiger partial charge on any atom is -0.383 e. The number of ether oxygens (including phenoxy) is 1. The fourth-order valence-electron chi connectivity index (χ4n) is 1.09. The van der Waals surface area contributed by atoms with E-state index in [1.165, 1.54) is 0 Å². The number of methoxy groups -OCH3 is 1. The quantitative estimate of drug-likeness (QED) is 0.885. The zero-order valence-corrected chi connectivity index (χ0v) is 11.7. The van der Waals surface area contributed by atoms with Gasteiger partial charge in [-0.2, -0.15) is 0 Å². The predicted molar refractivity (Wildman–Crippen MR) is 69.8 cm³/mol. The number of amides is 1. The Morgan fingerprint density at radius 3 is 2.88 bits per heavy atom. The van der Waals surface area contributed by atoms with E-state index in [-0.39, 0.29) is 11.7 Å². The van der Waals surface area contributed by atoms with Crippen LogP contribution in [0.3, 0.4) is 0 Å². The number of hydrogen-bond donors (Lipinski definition) is 2. The fourth-order valence-corrected chi connectivity index (χ4v) is 1.42. The van der Waals surface area contributed by atoms with Crippen LogP contribution in [0.5, 0.6) is 0 Å². The van der Waals surface area contributed by atoms with Crippen LogP contribution in [0.4, 0.5) is 5.82 Å². The second kappa shape index (κ2) is 5.46. The van der Waals surface area contributed by atoms with Crippen molar-refractivity contribution in [2.24, 2.45) is 0 Å². The number of rotatable bonds is 4. The van der Waals surface area contributed by atoms with Crippen molar-refractivity contribution in [1.82, 2.24) is 10.3 Å². The van der Waals surface area contributed by atoms with E-state index in [1.807, 2.05) is 13.8 Å². The van der Waals surface area contributed by atoms with E-state index in [2.05, 4.69) is 26.2 Å². The van der Waals surface area contributed by atoms with Gasteiger partial charge in [0.25, 0.3) is 5.91 Å². The summed E-state index contributed by atoms with van der Waals surface area (Å²) in [6.07, 6.45) is 1.55. The molecule has 0 saturated heterocycles. The van der Waals surface area contributed by atoms with E-state index in [4.69, 9.17) is 10.5 Å². The van der Waals surface area contributed by atoms with Crippen LogP contribution in [0.1, 0.15) is 24.2 Å². The summed E-state index contributed by atoms with van der Waals surface area (Å²) in [5, 5.41) is 2.75. The minimum absolute atomic E-state index is 0.209. The summed E-state index contributed by atoms with van der Waals surface area (Å²) in [5.74, 6) is -0.0534. The molecule has 3 N–H and O–H groups in total. The molecule has 0 unspecified atom stereocenters. The van der Waals surface area contributed by atoms with Gasteiger partial charge in [0.05, 0.1) is 11.2 Å². The maximum absolute atomic E-state index is 11.9. The van der Waals surface area contributed by atoms with Crippen LogP contribution >= 0.6 is 15.9 Å². The Labute approximate surface area is 109 Å². The van der Waals surface area contributed by atoms with Crippen molar-refractivity contribution >= 4 is 27.7 Å². The van der Waals surface area contributed by atoms with Crippen molar-refractivity contribution in [3.63, 3.8) is 0 Å².